The summed E-state index contributed by atoms with van der Waals surface area (Å²) in [4.78, 5) is 2.54. The fourth-order valence-electron chi connectivity index (χ4n) is 2.92. The molecule has 20 heavy (non-hydrogen) atoms. The van der Waals surface area contributed by atoms with Gasteiger partial charge in [-0.25, -0.2) is 0 Å². The molecule has 0 radical (unpaired) electrons. The Labute approximate surface area is 123 Å². The fourth-order valence-corrected chi connectivity index (χ4v) is 2.92. The van der Waals surface area contributed by atoms with Crippen LogP contribution in [-0.2, 0) is 4.74 Å². The zero-order chi connectivity index (χ0) is 14.2. The Balaban J connectivity index is 1.93. The first-order chi connectivity index (χ1) is 9.81. The molecule has 3 nitrogen and oxygen atoms in total. The largest absolute Gasteiger partial charge is 0.380 e. The molecule has 1 unspecified atom stereocenters. The molecule has 1 aromatic carbocycles. The minimum absolute atomic E-state index is 0.463. The van der Waals surface area contributed by atoms with E-state index in [-0.39, 0.29) is 0 Å². The van der Waals surface area contributed by atoms with E-state index in [0.717, 1.165) is 39.3 Å². The monoisotopic (exact) mass is 276 g/mol. The molecular formula is C17H28N2O. The van der Waals surface area contributed by atoms with Crippen LogP contribution in [0.25, 0.3) is 0 Å². The third-order valence-corrected chi connectivity index (χ3v) is 4.06. The van der Waals surface area contributed by atoms with Gasteiger partial charge in [0.15, 0.2) is 0 Å². The van der Waals surface area contributed by atoms with Crippen LogP contribution in [0.3, 0.4) is 0 Å². The number of hydrogen-bond donors (Lipinski definition) is 1. The van der Waals surface area contributed by atoms with Crippen molar-refractivity contribution in [2.45, 2.75) is 32.7 Å². The minimum Gasteiger partial charge on any atom is -0.380 e. The van der Waals surface area contributed by atoms with E-state index in [9.17, 15) is 0 Å². The molecule has 1 N–H and O–H groups in total. The van der Waals surface area contributed by atoms with Gasteiger partial charge in [0, 0.05) is 32.3 Å². The van der Waals surface area contributed by atoms with Gasteiger partial charge in [0.25, 0.3) is 0 Å². The molecule has 0 bridgehead atoms. The number of benzene rings is 1. The van der Waals surface area contributed by atoms with E-state index in [0.29, 0.717) is 6.04 Å². The third kappa shape index (κ3) is 4.58. The van der Waals surface area contributed by atoms with Gasteiger partial charge in [0.2, 0.25) is 0 Å². The van der Waals surface area contributed by atoms with Crippen LogP contribution in [0, 0.1) is 6.92 Å². The molecule has 1 aromatic rings. The summed E-state index contributed by atoms with van der Waals surface area (Å²) in [5.74, 6) is 0. The van der Waals surface area contributed by atoms with Crippen LogP contribution in [0.1, 0.15) is 36.9 Å². The molecule has 1 atom stereocenters. The summed E-state index contributed by atoms with van der Waals surface area (Å²) in [5, 5.41) is 3.64. The van der Waals surface area contributed by atoms with Gasteiger partial charge >= 0.3 is 0 Å². The van der Waals surface area contributed by atoms with Crippen molar-refractivity contribution in [1.29, 1.82) is 0 Å². The summed E-state index contributed by atoms with van der Waals surface area (Å²) in [6.45, 7) is 10.6. The molecule has 1 heterocycles. The van der Waals surface area contributed by atoms with Crippen molar-refractivity contribution in [3.63, 3.8) is 0 Å². The highest BCUT2D eigenvalue weighted by atomic mass is 16.5. The second kappa shape index (κ2) is 8.40. The Kier molecular flexibility index (Phi) is 6.51. The molecule has 2 rings (SSSR count). The Morgan fingerprint density at radius 1 is 1.25 bits per heavy atom. The lowest BCUT2D eigenvalue weighted by Crippen LogP contribution is -2.31. The molecule has 1 fully saturated rings. The van der Waals surface area contributed by atoms with Crippen molar-refractivity contribution in [2.75, 3.05) is 39.4 Å². The lowest BCUT2D eigenvalue weighted by atomic mass is 9.98. The first kappa shape index (κ1) is 15.5. The maximum absolute atomic E-state index is 5.53. The number of nitrogens with zero attached hydrogens (tertiary/aromatic N) is 1. The molecule has 3 heteroatoms. The molecule has 1 saturated heterocycles. The van der Waals surface area contributed by atoms with Crippen LogP contribution in [0.15, 0.2) is 24.3 Å². The molecule has 0 amide bonds. The third-order valence-electron chi connectivity index (χ3n) is 4.06. The number of rotatable bonds is 6. The lowest BCUT2D eigenvalue weighted by Gasteiger charge is -2.25. The normalized spacial score (nSPS) is 18.7. The summed E-state index contributed by atoms with van der Waals surface area (Å²) < 4.78 is 5.53. The van der Waals surface area contributed by atoms with Gasteiger partial charge in [-0.15, -0.1) is 0 Å². The van der Waals surface area contributed by atoms with Gasteiger partial charge in [-0.05, 0) is 37.4 Å². The van der Waals surface area contributed by atoms with E-state index < -0.39 is 0 Å². The summed E-state index contributed by atoms with van der Waals surface area (Å²) >= 11 is 0. The number of ether oxygens (including phenoxy) is 1. The van der Waals surface area contributed by atoms with Crippen LogP contribution < -0.4 is 5.32 Å². The molecule has 0 aliphatic carbocycles. The SMILES string of the molecule is CCNC(CCN1CCCOCC1)c1ccccc1C. The molecule has 0 aromatic heterocycles. The van der Waals surface area contributed by atoms with Crippen LogP contribution >= 0.6 is 0 Å². The maximum Gasteiger partial charge on any atom is 0.0593 e. The van der Waals surface area contributed by atoms with E-state index in [1.165, 1.54) is 24.1 Å². The van der Waals surface area contributed by atoms with Crippen molar-refractivity contribution in [3.05, 3.63) is 35.4 Å². The van der Waals surface area contributed by atoms with Crippen LogP contribution in [0.2, 0.25) is 0 Å². The van der Waals surface area contributed by atoms with Crippen LogP contribution in [0.5, 0.6) is 0 Å². The zero-order valence-electron chi connectivity index (χ0n) is 12.9. The Morgan fingerprint density at radius 2 is 2.10 bits per heavy atom. The average Bonchev–Trinajstić information content (AvgIpc) is 2.73. The predicted octanol–water partition coefficient (Wildman–Crippen LogP) is 2.76. The molecule has 1 aliphatic rings. The average molecular weight is 276 g/mol. The summed E-state index contributed by atoms with van der Waals surface area (Å²) in [7, 11) is 0. The van der Waals surface area contributed by atoms with E-state index in [2.05, 4.69) is 48.3 Å². The number of hydrogen-bond acceptors (Lipinski definition) is 3. The van der Waals surface area contributed by atoms with Crippen molar-refractivity contribution in [2.24, 2.45) is 0 Å². The van der Waals surface area contributed by atoms with E-state index in [4.69, 9.17) is 4.74 Å². The zero-order valence-corrected chi connectivity index (χ0v) is 12.9. The van der Waals surface area contributed by atoms with Gasteiger partial charge in [-0.3, -0.25) is 0 Å². The van der Waals surface area contributed by atoms with Gasteiger partial charge in [-0.2, -0.15) is 0 Å². The fraction of sp³-hybridized carbons (Fsp3) is 0.647. The Bertz CT molecular complexity index is 386. The van der Waals surface area contributed by atoms with Crippen LogP contribution in [-0.4, -0.2) is 44.3 Å². The highest BCUT2D eigenvalue weighted by Gasteiger charge is 2.15. The van der Waals surface area contributed by atoms with Crippen molar-refractivity contribution >= 4 is 0 Å². The number of nitrogens with one attached hydrogen (secondary N) is 1. The first-order valence-electron chi connectivity index (χ1n) is 7.90. The topological polar surface area (TPSA) is 24.5 Å². The Hall–Kier alpha value is -0.900. The summed E-state index contributed by atoms with van der Waals surface area (Å²) in [5.41, 5.74) is 2.83. The minimum atomic E-state index is 0.463. The summed E-state index contributed by atoms with van der Waals surface area (Å²) in [6, 6.07) is 9.19. The van der Waals surface area contributed by atoms with Crippen molar-refractivity contribution < 1.29 is 4.74 Å². The van der Waals surface area contributed by atoms with Crippen molar-refractivity contribution in [1.82, 2.24) is 10.2 Å². The van der Waals surface area contributed by atoms with E-state index in [1.807, 2.05) is 0 Å². The van der Waals surface area contributed by atoms with Crippen LogP contribution in [0.4, 0.5) is 0 Å². The van der Waals surface area contributed by atoms with Gasteiger partial charge in [0.1, 0.15) is 0 Å². The number of aryl methyl sites for hydroxylation is 1. The van der Waals surface area contributed by atoms with Gasteiger partial charge < -0.3 is 15.0 Å². The standard InChI is InChI=1S/C17H28N2O/c1-3-18-17(16-8-5-4-7-15(16)2)9-11-19-10-6-13-20-14-12-19/h4-5,7-8,17-18H,3,6,9-14H2,1-2H3. The maximum atomic E-state index is 5.53. The predicted molar refractivity (Wildman–Crippen MR) is 84.1 cm³/mol. The second-order valence-electron chi connectivity index (χ2n) is 5.56. The first-order valence-corrected chi connectivity index (χ1v) is 7.90. The molecule has 0 saturated carbocycles. The van der Waals surface area contributed by atoms with E-state index in [1.54, 1.807) is 0 Å². The molecule has 112 valence electrons. The smallest absolute Gasteiger partial charge is 0.0593 e. The second-order valence-corrected chi connectivity index (χ2v) is 5.56. The Morgan fingerprint density at radius 3 is 2.90 bits per heavy atom. The quantitative estimate of drug-likeness (QED) is 0.864. The van der Waals surface area contributed by atoms with E-state index >= 15 is 0 Å². The summed E-state index contributed by atoms with van der Waals surface area (Å²) in [6.07, 6.45) is 2.33. The van der Waals surface area contributed by atoms with Gasteiger partial charge in [0.05, 0.1) is 6.61 Å². The highest BCUT2D eigenvalue weighted by molar-refractivity contribution is 5.28. The molecular weight excluding hydrogens is 248 g/mol. The lowest BCUT2D eigenvalue weighted by molar-refractivity contribution is 0.140. The molecule has 1 aliphatic heterocycles. The van der Waals surface area contributed by atoms with Gasteiger partial charge in [-0.1, -0.05) is 31.2 Å². The highest BCUT2D eigenvalue weighted by Crippen LogP contribution is 2.21. The van der Waals surface area contributed by atoms with Crippen molar-refractivity contribution in [3.8, 4) is 0 Å². The molecule has 0 spiro atoms.